The van der Waals surface area contributed by atoms with E-state index in [0.717, 1.165) is 18.7 Å². The Morgan fingerprint density at radius 2 is 2.14 bits per heavy atom. The normalized spacial score (nSPS) is 15.4. The Hall–Kier alpha value is 0.230. The molecule has 0 radical (unpaired) electrons. The second kappa shape index (κ2) is 9.77. The first kappa shape index (κ1) is 14.2. The topological polar surface area (TPSA) is 52.5 Å². The van der Waals surface area contributed by atoms with Gasteiger partial charge in [0, 0.05) is 11.8 Å². The standard InChI is InChI=1S/C10H23NO2S/c1-3-11-9(2)5-4-6-14-8-10(13)7-12/h9-13H,3-8H2,1-2H3. The summed E-state index contributed by atoms with van der Waals surface area (Å²) in [6, 6.07) is 0.586. The second-order valence-corrected chi connectivity index (χ2v) is 4.66. The largest absolute Gasteiger partial charge is 0.394 e. The number of aliphatic hydroxyl groups is 2. The van der Waals surface area contributed by atoms with Crippen LogP contribution in [-0.4, -0.2) is 47.0 Å². The molecule has 0 aliphatic rings. The molecule has 3 N–H and O–H groups in total. The Kier molecular flexibility index (Phi) is 9.93. The molecular formula is C10H23NO2S. The highest BCUT2D eigenvalue weighted by atomic mass is 32.2. The molecule has 2 atom stereocenters. The predicted octanol–water partition coefficient (Wildman–Crippen LogP) is 0.851. The lowest BCUT2D eigenvalue weighted by atomic mass is 10.2. The van der Waals surface area contributed by atoms with Gasteiger partial charge in [-0.25, -0.2) is 0 Å². The molecule has 0 saturated carbocycles. The molecule has 0 amide bonds. The van der Waals surface area contributed by atoms with Crippen LogP contribution in [0.15, 0.2) is 0 Å². The van der Waals surface area contributed by atoms with Gasteiger partial charge < -0.3 is 15.5 Å². The molecule has 0 bridgehead atoms. The van der Waals surface area contributed by atoms with Gasteiger partial charge in [-0.1, -0.05) is 6.92 Å². The fourth-order valence-corrected chi connectivity index (χ4v) is 2.13. The molecule has 0 fully saturated rings. The van der Waals surface area contributed by atoms with Gasteiger partial charge in [-0.15, -0.1) is 0 Å². The maximum absolute atomic E-state index is 9.07. The summed E-state index contributed by atoms with van der Waals surface area (Å²) in [6.07, 6.45) is 1.79. The number of aliphatic hydroxyl groups excluding tert-OH is 2. The number of hydrogen-bond acceptors (Lipinski definition) is 4. The van der Waals surface area contributed by atoms with Crippen molar-refractivity contribution in [2.75, 3.05) is 24.7 Å². The van der Waals surface area contributed by atoms with Gasteiger partial charge in [-0.2, -0.15) is 11.8 Å². The van der Waals surface area contributed by atoms with E-state index in [-0.39, 0.29) is 6.61 Å². The monoisotopic (exact) mass is 221 g/mol. The van der Waals surface area contributed by atoms with Crippen molar-refractivity contribution in [2.24, 2.45) is 0 Å². The molecule has 86 valence electrons. The Balaban J connectivity index is 3.13. The Bertz CT molecular complexity index is 125. The van der Waals surface area contributed by atoms with Crippen LogP contribution >= 0.6 is 11.8 Å². The van der Waals surface area contributed by atoms with E-state index in [1.807, 2.05) is 0 Å². The van der Waals surface area contributed by atoms with Crippen LogP contribution in [0, 0.1) is 0 Å². The van der Waals surface area contributed by atoms with Gasteiger partial charge in [0.1, 0.15) is 0 Å². The summed E-state index contributed by atoms with van der Waals surface area (Å²) in [6.45, 7) is 5.21. The van der Waals surface area contributed by atoms with E-state index in [1.165, 1.54) is 6.42 Å². The lowest BCUT2D eigenvalue weighted by Crippen LogP contribution is -2.25. The highest BCUT2D eigenvalue weighted by molar-refractivity contribution is 7.99. The molecule has 0 aromatic carbocycles. The van der Waals surface area contributed by atoms with Crippen LogP contribution in [0.3, 0.4) is 0 Å². The number of nitrogens with one attached hydrogen (secondary N) is 1. The Morgan fingerprint density at radius 3 is 2.71 bits per heavy atom. The minimum atomic E-state index is -0.550. The third kappa shape index (κ3) is 8.81. The van der Waals surface area contributed by atoms with Crippen LogP contribution in [0.2, 0.25) is 0 Å². The van der Waals surface area contributed by atoms with Gasteiger partial charge >= 0.3 is 0 Å². The van der Waals surface area contributed by atoms with Gasteiger partial charge in [-0.3, -0.25) is 0 Å². The first-order valence-electron chi connectivity index (χ1n) is 5.30. The fourth-order valence-electron chi connectivity index (χ4n) is 1.21. The SMILES string of the molecule is CCNC(C)CCCSCC(O)CO. The van der Waals surface area contributed by atoms with Crippen molar-refractivity contribution in [3.8, 4) is 0 Å². The summed E-state index contributed by atoms with van der Waals surface area (Å²) in [4.78, 5) is 0. The predicted molar refractivity (Wildman–Crippen MR) is 62.8 cm³/mol. The summed E-state index contributed by atoms with van der Waals surface area (Å²) in [5, 5.41) is 21.0. The van der Waals surface area contributed by atoms with E-state index in [4.69, 9.17) is 10.2 Å². The van der Waals surface area contributed by atoms with Gasteiger partial charge in [0.25, 0.3) is 0 Å². The molecule has 0 aromatic heterocycles. The minimum absolute atomic E-state index is 0.124. The van der Waals surface area contributed by atoms with Crippen LogP contribution in [0.25, 0.3) is 0 Å². The number of hydrogen-bond donors (Lipinski definition) is 3. The first-order valence-corrected chi connectivity index (χ1v) is 6.46. The average molecular weight is 221 g/mol. The van der Waals surface area contributed by atoms with Crippen LogP contribution in [0.1, 0.15) is 26.7 Å². The van der Waals surface area contributed by atoms with Crippen molar-refractivity contribution >= 4 is 11.8 Å². The number of thioether (sulfide) groups is 1. The van der Waals surface area contributed by atoms with Crippen LogP contribution in [0.4, 0.5) is 0 Å². The molecule has 3 nitrogen and oxygen atoms in total. The maximum atomic E-state index is 9.07. The molecule has 0 aliphatic heterocycles. The molecule has 0 spiro atoms. The Morgan fingerprint density at radius 1 is 1.43 bits per heavy atom. The lowest BCUT2D eigenvalue weighted by molar-refractivity contribution is 0.113. The Labute approximate surface area is 91.3 Å². The van der Waals surface area contributed by atoms with Crippen LogP contribution in [0.5, 0.6) is 0 Å². The van der Waals surface area contributed by atoms with Gasteiger partial charge in [0.05, 0.1) is 12.7 Å². The van der Waals surface area contributed by atoms with E-state index in [0.29, 0.717) is 11.8 Å². The first-order chi connectivity index (χ1) is 6.70. The molecule has 0 heterocycles. The molecule has 4 heteroatoms. The third-order valence-corrected chi connectivity index (χ3v) is 3.20. The van der Waals surface area contributed by atoms with Crippen LogP contribution in [-0.2, 0) is 0 Å². The van der Waals surface area contributed by atoms with E-state index in [2.05, 4.69) is 19.2 Å². The summed E-state index contributed by atoms with van der Waals surface area (Å²) in [5.74, 6) is 1.71. The third-order valence-electron chi connectivity index (χ3n) is 2.00. The van der Waals surface area contributed by atoms with E-state index < -0.39 is 6.10 Å². The molecular weight excluding hydrogens is 198 g/mol. The fraction of sp³-hybridized carbons (Fsp3) is 1.00. The van der Waals surface area contributed by atoms with Crippen molar-refractivity contribution in [3.63, 3.8) is 0 Å². The van der Waals surface area contributed by atoms with Gasteiger partial charge in [-0.05, 0) is 32.1 Å². The highest BCUT2D eigenvalue weighted by Crippen LogP contribution is 2.07. The van der Waals surface area contributed by atoms with Gasteiger partial charge in [0.15, 0.2) is 0 Å². The zero-order chi connectivity index (χ0) is 10.8. The summed E-state index contributed by atoms with van der Waals surface area (Å²) < 4.78 is 0. The molecule has 0 rings (SSSR count). The zero-order valence-electron chi connectivity index (χ0n) is 9.20. The minimum Gasteiger partial charge on any atom is -0.394 e. The summed E-state index contributed by atoms with van der Waals surface area (Å²) in [7, 11) is 0. The molecule has 0 aromatic rings. The average Bonchev–Trinajstić information content (AvgIpc) is 2.17. The highest BCUT2D eigenvalue weighted by Gasteiger charge is 2.02. The summed E-state index contributed by atoms with van der Waals surface area (Å²) >= 11 is 1.71. The molecule has 14 heavy (non-hydrogen) atoms. The van der Waals surface area contributed by atoms with Crippen molar-refractivity contribution < 1.29 is 10.2 Å². The molecule has 0 aliphatic carbocycles. The van der Waals surface area contributed by atoms with Crippen molar-refractivity contribution in [1.82, 2.24) is 5.32 Å². The van der Waals surface area contributed by atoms with Crippen molar-refractivity contribution in [1.29, 1.82) is 0 Å². The van der Waals surface area contributed by atoms with Crippen molar-refractivity contribution in [3.05, 3.63) is 0 Å². The number of rotatable bonds is 9. The zero-order valence-corrected chi connectivity index (χ0v) is 10.0. The smallest absolute Gasteiger partial charge is 0.0861 e. The molecule has 2 unspecified atom stereocenters. The lowest BCUT2D eigenvalue weighted by Gasteiger charge is -2.11. The quantitative estimate of drug-likeness (QED) is 0.505. The van der Waals surface area contributed by atoms with Crippen molar-refractivity contribution in [2.45, 2.75) is 38.8 Å². The van der Waals surface area contributed by atoms with E-state index in [9.17, 15) is 0 Å². The second-order valence-electron chi connectivity index (χ2n) is 3.51. The maximum Gasteiger partial charge on any atom is 0.0861 e. The van der Waals surface area contributed by atoms with Crippen LogP contribution < -0.4 is 5.32 Å². The van der Waals surface area contributed by atoms with Gasteiger partial charge in [0.2, 0.25) is 0 Å². The van der Waals surface area contributed by atoms with E-state index >= 15 is 0 Å². The summed E-state index contributed by atoms with van der Waals surface area (Å²) in [5.41, 5.74) is 0. The van der Waals surface area contributed by atoms with E-state index in [1.54, 1.807) is 11.8 Å². The molecule has 0 saturated heterocycles.